The molecule has 0 saturated carbocycles. The van der Waals surface area contributed by atoms with Crippen molar-refractivity contribution in [3.63, 3.8) is 0 Å². The molecule has 0 radical (unpaired) electrons. The van der Waals surface area contributed by atoms with Crippen molar-refractivity contribution in [2.75, 3.05) is 17.2 Å². The molecule has 0 saturated heterocycles. The van der Waals surface area contributed by atoms with Gasteiger partial charge < -0.3 is 15.4 Å². The van der Waals surface area contributed by atoms with E-state index < -0.39 is 0 Å². The number of para-hydroxylation sites is 1. The second-order valence-electron chi connectivity index (χ2n) is 6.46. The van der Waals surface area contributed by atoms with Crippen molar-refractivity contribution in [3.8, 4) is 5.75 Å². The summed E-state index contributed by atoms with van der Waals surface area (Å²) < 4.78 is 5.40. The van der Waals surface area contributed by atoms with E-state index in [-0.39, 0.29) is 11.8 Å². The van der Waals surface area contributed by atoms with Crippen LogP contribution in [0.25, 0.3) is 0 Å². The van der Waals surface area contributed by atoms with Gasteiger partial charge in [-0.25, -0.2) is 0 Å². The molecule has 2 amide bonds. The van der Waals surface area contributed by atoms with Gasteiger partial charge in [0.25, 0.3) is 11.8 Å². The minimum Gasteiger partial charge on any atom is -0.494 e. The van der Waals surface area contributed by atoms with Crippen LogP contribution in [0.4, 0.5) is 11.4 Å². The molecule has 0 aliphatic heterocycles. The molecule has 0 bridgehead atoms. The number of hydrogen-bond acceptors (Lipinski definition) is 3. The fourth-order valence-electron chi connectivity index (χ4n) is 2.95. The van der Waals surface area contributed by atoms with Crippen LogP contribution in [0.1, 0.15) is 40.1 Å². The van der Waals surface area contributed by atoms with Gasteiger partial charge in [0.1, 0.15) is 5.75 Å². The summed E-state index contributed by atoms with van der Waals surface area (Å²) in [5.74, 6) is 0.218. The lowest BCUT2D eigenvalue weighted by molar-refractivity contribution is 0.102. The molecule has 2 N–H and O–H groups in total. The first-order valence-corrected chi connectivity index (χ1v) is 9.64. The van der Waals surface area contributed by atoms with Crippen LogP contribution in [0.2, 0.25) is 0 Å². The molecule has 3 rings (SSSR count). The van der Waals surface area contributed by atoms with Crippen molar-refractivity contribution in [3.05, 3.63) is 89.5 Å². The molecule has 3 aromatic carbocycles. The van der Waals surface area contributed by atoms with Gasteiger partial charge in [0.05, 0.1) is 6.61 Å². The maximum absolute atomic E-state index is 12.7. The number of carbonyl (C=O) groups excluding carboxylic acids is 2. The molecule has 0 aliphatic rings. The van der Waals surface area contributed by atoms with E-state index in [1.54, 1.807) is 48.5 Å². The molecule has 5 heteroatoms. The van der Waals surface area contributed by atoms with Crippen molar-refractivity contribution < 1.29 is 14.3 Å². The summed E-state index contributed by atoms with van der Waals surface area (Å²) in [5.41, 5.74) is 3.34. The molecule has 0 fully saturated rings. The number of ether oxygens (including phenoxy) is 1. The Morgan fingerprint density at radius 1 is 0.793 bits per heavy atom. The van der Waals surface area contributed by atoms with Crippen LogP contribution in [-0.4, -0.2) is 18.4 Å². The summed E-state index contributed by atoms with van der Waals surface area (Å²) in [6.07, 6.45) is 0.820. The predicted molar refractivity (Wildman–Crippen MR) is 116 cm³/mol. The Bertz CT molecular complexity index is 997. The van der Waals surface area contributed by atoms with Gasteiger partial charge in [0.2, 0.25) is 0 Å². The van der Waals surface area contributed by atoms with Crippen molar-refractivity contribution >= 4 is 23.2 Å². The summed E-state index contributed by atoms with van der Waals surface area (Å²) in [6.45, 7) is 4.54. The highest BCUT2D eigenvalue weighted by Crippen LogP contribution is 2.19. The minimum atomic E-state index is -0.280. The lowest BCUT2D eigenvalue weighted by Gasteiger charge is -2.11. The number of carbonyl (C=O) groups is 2. The Kier molecular flexibility index (Phi) is 6.63. The lowest BCUT2D eigenvalue weighted by Crippen LogP contribution is -2.16. The summed E-state index contributed by atoms with van der Waals surface area (Å²) >= 11 is 0. The van der Waals surface area contributed by atoms with Crippen LogP contribution >= 0.6 is 0 Å². The van der Waals surface area contributed by atoms with E-state index in [0.717, 1.165) is 23.4 Å². The van der Waals surface area contributed by atoms with Crippen LogP contribution in [0.5, 0.6) is 5.75 Å². The molecule has 0 heterocycles. The highest BCUT2D eigenvalue weighted by atomic mass is 16.5. The van der Waals surface area contributed by atoms with Gasteiger partial charge in [0.15, 0.2) is 0 Å². The Morgan fingerprint density at radius 3 is 2.10 bits per heavy atom. The number of amides is 2. The normalized spacial score (nSPS) is 10.3. The fourth-order valence-corrected chi connectivity index (χ4v) is 2.95. The van der Waals surface area contributed by atoms with E-state index in [1.165, 1.54) is 0 Å². The molecule has 0 spiro atoms. The standard InChI is InChI=1S/C24H24N2O3/c1-3-17-8-5-6-11-22(17)26-24(28)19-10-7-9-18(16-19)23(27)25-20-12-14-21(15-13-20)29-4-2/h5-16H,3-4H2,1-2H3,(H,25,27)(H,26,28). The third-order valence-electron chi connectivity index (χ3n) is 4.46. The molecule has 0 aliphatic carbocycles. The zero-order chi connectivity index (χ0) is 20.6. The SMILES string of the molecule is CCOc1ccc(NC(=O)c2cccc(C(=O)Nc3ccccc3CC)c2)cc1. The van der Waals surface area contributed by atoms with Crippen LogP contribution in [0.15, 0.2) is 72.8 Å². The molecule has 0 atom stereocenters. The van der Waals surface area contributed by atoms with Crippen LogP contribution < -0.4 is 15.4 Å². The second-order valence-corrected chi connectivity index (χ2v) is 6.46. The Balaban J connectivity index is 1.71. The molecular formula is C24H24N2O3. The van der Waals surface area contributed by atoms with Crippen molar-refractivity contribution in [2.24, 2.45) is 0 Å². The van der Waals surface area contributed by atoms with Crippen LogP contribution in [0.3, 0.4) is 0 Å². The molecule has 3 aromatic rings. The molecule has 0 unspecified atom stereocenters. The third-order valence-corrected chi connectivity index (χ3v) is 4.46. The molecule has 29 heavy (non-hydrogen) atoms. The van der Waals surface area contributed by atoms with Gasteiger partial charge >= 0.3 is 0 Å². The van der Waals surface area contributed by atoms with Gasteiger partial charge in [-0.05, 0) is 67.4 Å². The smallest absolute Gasteiger partial charge is 0.255 e. The topological polar surface area (TPSA) is 67.4 Å². The molecule has 148 valence electrons. The van der Waals surface area contributed by atoms with E-state index >= 15 is 0 Å². The monoisotopic (exact) mass is 388 g/mol. The Labute approximate surface area is 170 Å². The minimum absolute atomic E-state index is 0.249. The summed E-state index contributed by atoms with van der Waals surface area (Å²) in [5, 5.41) is 5.76. The summed E-state index contributed by atoms with van der Waals surface area (Å²) in [6, 6.07) is 21.5. The lowest BCUT2D eigenvalue weighted by atomic mass is 10.1. The summed E-state index contributed by atoms with van der Waals surface area (Å²) in [4.78, 5) is 25.2. The number of rotatable bonds is 7. The molecular weight excluding hydrogens is 364 g/mol. The van der Waals surface area contributed by atoms with E-state index in [0.29, 0.717) is 23.4 Å². The zero-order valence-corrected chi connectivity index (χ0v) is 16.6. The van der Waals surface area contributed by atoms with E-state index in [2.05, 4.69) is 10.6 Å². The van der Waals surface area contributed by atoms with E-state index in [9.17, 15) is 9.59 Å². The zero-order valence-electron chi connectivity index (χ0n) is 16.6. The maximum Gasteiger partial charge on any atom is 0.255 e. The predicted octanol–water partition coefficient (Wildman–Crippen LogP) is 5.15. The first-order chi connectivity index (χ1) is 14.1. The van der Waals surface area contributed by atoms with E-state index in [1.807, 2.05) is 38.1 Å². The highest BCUT2D eigenvalue weighted by molar-refractivity contribution is 6.08. The van der Waals surface area contributed by atoms with Gasteiger partial charge in [-0.2, -0.15) is 0 Å². The van der Waals surface area contributed by atoms with Gasteiger partial charge in [-0.1, -0.05) is 31.2 Å². The van der Waals surface area contributed by atoms with Crippen molar-refractivity contribution in [2.45, 2.75) is 20.3 Å². The maximum atomic E-state index is 12.7. The second kappa shape index (κ2) is 9.55. The van der Waals surface area contributed by atoms with Gasteiger partial charge in [0, 0.05) is 22.5 Å². The number of hydrogen-bond donors (Lipinski definition) is 2. The van der Waals surface area contributed by atoms with Crippen molar-refractivity contribution in [1.29, 1.82) is 0 Å². The quantitative estimate of drug-likeness (QED) is 0.588. The Morgan fingerprint density at radius 2 is 1.45 bits per heavy atom. The first kappa shape index (κ1) is 20.1. The molecule has 5 nitrogen and oxygen atoms in total. The van der Waals surface area contributed by atoms with Crippen LogP contribution in [-0.2, 0) is 6.42 Å². The van der Waals surface area contributed by atoms with E-state index in [4.69, 9.17) is 4.74 Å². The fraction of sp³-hybridized carbons (Fsp3) is 0.167. The number of aryl methyl sites for hydroxylation is 1. The van der Waals surface area contributed by atoms with Crippen LogP contribution in [0, 0.1) is 0 Å². The number of benzene rings is 3. The van der Waals surface area contributed by atoms with Gasteiger partial charge in [-0.3, -0.25) is 9.59 Å². The first-order valence-electron chi connectivity index (χ1n) is 9.64. The molecule has 0 aromatic heterocycles. The van der Waals surface area contributed by atoms with Gasteiger partial charge in [-0.15, -0.1) is 0 Å². The average molecular weight is 388 g/mol. The summed E-state index contributed by atoms with van der Waals surface area (Å²) in [7, 11) is 0. The largest absolute Gasteiger partial charge is 0.494 e. The number of nitrogens with one attached hydrogen (secondary N) is 2. The number of anilines is 2. The average Bonchev–Trinajstić information content (AvgIpc) is 2.75. The van der Waals surface area contributed by atoms with Crippen molar-refractivity contribution in [1.82, 2.24) is 0 Å². The Hall–Kier alpha value is -3.60. The third kappa shape index (κ3) is 5.23. The highest BCUT2D eigenvalue weighted by Gasteiger charge is 2.12.